The maximum atomic E-state index is 11.6. The van der Waals surface area contributed by atoms with Crippen molar-refractivity contribution >= 4 is 24.5 Å². The fourth-order valence-corrected chi connectivity index (χ4v) is 1.46. The van der Waals surface area contributed by atoms with Crippen molar-refractivity contribution in [2.75, 3.05) is 0 Å². The Morgan fingerprint density at radius 2 is 1.12 bits per heavy atom. The van der Waals surface area contributed by atoms with Crippen LogP contribution in [0.15, 0.2) is 59.3 Å². The highest BCUT2D eigenvalue weighted by molar-refractivity contribution is 5.94. The second kappa shape index (κ2) is 9.25. The molecule has 2 aromatic rings. The van der Waals surface area contributed by atoms with E-state index in [0.717, 1.165) is 0 Å². The maximum Gasteiger partial charge on any atom is 0.271 e. The zero-order valence-electron chi connectivity index (χ0n) is 12.4. The number of hydrogen-bond donors (Lipinski definition) is 4. The van der Waals surface area contributed by atoms with Crippen molar-refractivity contribution in [1.29, 1.82) is 0 Å². The largest absolute Gasteiger partial charge is 0.288 e. The molecule has 0 unspecified atom stereocenters. The van der Waals surface area contributed by atoms with Gasteiger partial charge in [-0.1, -0.05) is 0 Å². The van der Waals surface area contributed by atoms with Crippen LogP contribution in [0.25, 0.3) is 0 Å². The first-order chi connectivity index (χ1) is 11.8. The molecule has 0 spiro atoms. The van der Waals surface area contributed by atoms with Gasteiger partial charge in [0, 0.05) is 35.9 Å². The van der Waals surface area contributed by atoms with E-state index in [2.05, 4.69) is 41.9 Å². The molecule has 0 radical (unpaired) electrons. The first-order valence-corrected chi connectivity index (χ1v) is 6.72. The van der Waals surface area contributed by atoms with E-state index in [1.807, 2.05) is 0 Å². The van der Waals surface area contributed by atoms with Crippen LogP contribution in [-0.4, -0.2) is 34.5 Å². The summed E-state index contributed by atoms with van der Waals surface area (Å²) >= 11 is 0. The van der Waals surface area contributed by atoms with Gasteiger partial charge in [-0.15, -0.1) is 0 Å². The van der Waals surface area contributed by atoms with Crippen molar-refractivity contribution in [1.82, 2.24) is 31.7 Å². The Morgan fingerprint density at radius 1 is 0.750 bits per heavy atom. The molecule has 0 bridgehead atoms. The van der Waals surface area contributed by atoms with Gasteiger partial charge in [0.25, 0.3) is 11.8 Å². The molecule has 0 aliphatic carbocycles. The van der Waals surface area contributed by atoms with Gasteiger partial charge in [-0.2, -0.15) is 10.2 Å². The summed E-state index contributed by atoms with van der Waals surface area (Å²) in [6.45, 7) is 0. The number of carbonyl (C=O) groups excluding carboxylic acids is 2. The van der Waals surface area contributed by atoms with Crippen molar-refractivity contribution in [3.05, 3.63) is 60.2 Å². The number of hydrazine groups is 1. The number of rotatable bonds is 7. The fourth-order valence-electron chi connectivity index (χ4n) is 1.46. The van der Waals surface area contributed by atoms with Crippen molar-refractivity contribution in [2.24, 2.45) is 10.2 Å². The van der Waals surface area contributed by atoms with Crippen LogP contribution in [0.4, 0.5) is 0 Å². The molecule has 0 aliphatic rings. The lowest BCUT2D eigenvalue weighted by Gasteiger charge is -2.00. The van der Waals surface area contributed by atoms with Crippen molar-refractivity contribution in [3.8, 4) is 0 Å². The van der Waals surface area contributed by atoms with Crippen molar-refractivity contribution in [3.63, 3.8) is 0 Å². The summed E-state index contributed by atoms with van der Waals surface area (Å²) < 4.78 is 0. The van der Waals surface area contributed by atoms with Gasteiger partial charge in [-0.05, 0) is 24.3 Å². The molecule has 2 rings (SSSR count). The number of nitrogens with one attached hydrogen (secondary N) is 4. The Balaban J connectivity index is 1.62. The van der Waals surface area contributed by atoms with Gasteiger partial charge in [0.15, 0.2) is 0 Å². The van der Waals surface area contributed by atoms with Crippen LogP contribution in [0.1, 0.15) is 20.7 Å². The molecule has 0 saturated carbocycles. The van der Waals surface area contributed by atoms with E-state index in [1.54, 1.807) is 24.3 Å². The van der Waals surface area contributed by atoms with Gasteiger partial charge in [0.05, 0.1) is 0 Å². The third kappa shape index (κ3) is 5.52. The van der Waals surface area contributed by atoms with Crippen LogP contribution < -0.4 is 21.7 Å². The average Bonchev–Trinajstić information content (AvgIpc) is 2.65. The van der Waals surface area contributed by atoms with E-state index in [-0.39, 0.29) is 11.8 Å². The van der Waals surface area contributed by atoms with Crippen LogP contribution in [0.5, 0.6) is 0 Å². The lowest BCUT2D eigenvalue weighted by atomic mass is 10.3. The SMILES string of the molecule is O=C(N/N=C/NN/C=N/NC(=O)c1ccncc1)c1ccncc1. The summed E-state index contributed by atoms with van der Waals surface area (Å²) in [5, 5.41) is 7.31. The number of hydrazone groups is 2. The van der Waals surface area contributed by atoms with Gasteiger partial charge in [0.1, 0.15) is 12.7 Å². The van der Waals surface area contributed by atoms with E-state index in [0.29, 0.717) is 11.1 Å². The molecular formula is C14H14N8O2. The van der Waals surface area contributed by atoms with Gasteiger partial charge < -0.3 is 0 Å². The van der Waals surface area contributed by atoms with E-state index in [9.17, 15) is 9.59 Å². The minimum Gasteiger partial charge on any atom is -0.288 e. The zero-order valence-corrected chi connectivity index (χ0v) is 12.4. The molecule has 122 valence electrons. The number of carbonyl (C=O) groups is 2. The standard InChI is InChI=1S/C14H14N8O2/c23-13(11-1-5-15-6-2-11)21-19-9-17-18-10-20-22-14(24)12-3-7-16-8-4-12/h1-10H,(H,17,19)(H,18,20)(H,21,23)(H,22,24). The molecule has 0 saturated heterocycles. The minimum absolute atomic E-state index is 0.367. The van der Waals surface area contributed by atoms with Gasteiger partial charge >= 0.3 is 0 Å². The highest BCUT2D eigenvalue weighted by atomic mass is 16.2. The molecule has 0 aliphatic heterocycles. The predicted molar refractivity (Wildman–Crippen MR) is 86.7 cm³/mol. The Morgan fingerprint density at radius 3 is 1.50 bits per heavy atom. The molecule has 4 N–H and O–H groups in total. The van der Waals surface area contributed by atoms with E-state index in [4.69, 9.17) is 0 Å². The molecule has 0 aromatic carbocycles. The number of amides is 2. The lowest BCUT2D eigenvalue weighted by Crippen LogP contribution is -2.31. The summed E-state index contributed by atoms with van der Waals surface area (Å²) in [7, 11) is 0. The van der Waals surface area contributed by atoms with E-state index < -0.39 is 0 Å². The minimum atomic E-state index is -0.367. The maximum absolute atomic E-state index is 11.6. The topological polar surface area (TPSA) is 133 Å². The first-order valence-electron chi connectivity index (χ1n) is 6.72. The molecule has 0 atom stereocenters. The van der Waals surface area contributed by atoms with Crippen LogP contribution in [-0.2, 0) is 0 Å². The predicted octanol–water partition coefficient (Wildman–Crippen LogP) is -0.383. The van der Waals surface area contributed by atoms with Crippen LogP contribution in [0.2, 0.25) is 0 Å². The summed E-state index contributed by atoms with van der Waals surface area (Å²) in [5.74, 6) is -0.734. The third-order valence-corrected chi connectivity index (χ3v) is 2.56. The van der Waals surface area contributed by atoms with Crippen molar-refractivity contribution < 1.29 is 9.59 Å². The molecule has 2 amide bonds. The monoisotopic (exact) mass is 326 g/mol. The van der Waals surface area contributed by atoms with Crippen LogP contribution in [0, 0.1) is 0 Å². The Kier molecular flexibility index (Phi) is 6.38. The van der Waals surface area contributed by atoms with Crippen LogP contribution >= 0.6 is 0 Å². The fraction of sp³-hybridized carbons (Fsp3) is 0. The van der Waals surface area contributed by atoms with Gasteiger partial charge in [0.2, 0.25) is 0 Å². The molecule has 2 heterocycles. The number of aromatic nitrogens is 2. The normalized spacial score (nSPS) is 10.5. The van der Waals surface area contributed by atoms with Gasteiger partial charge in [-0.3, -0.25) is 30.4 Å². The van der Waals surface area contributed by atoms with E-state index in [1.165, 1.54) is 37.5 Å². The molecule has 10 heteroatoms. The molecule has 2 aromatic heterocycles. The summed E-state index contributed by atoms with van der Waals surface area (Å²) in [5.41, 5.74) is 10.6. The Labute approximate surface area is 137 Å². The summed E-state index contributed by atoms with van der Waals surface area (Å²) in [6, 6.07) is 6.26. The second-order valence-corrected chi connectivity index (χ2v) is 4.16. The van der Waals surface area contributed by atoms with E-state index >= 15 is 0 Å². The lowest BCUT2D eigenvalue weighted by molar-refractivity contribution is 0.0946. The molecule has 24 heavy (non-hydrogen) atoms. The Bertz CT molecular complexity index is 655. The molecule has 10 nitrogen and oxygen atoms in total. The second-order valence-electron chi connectivity index (χ2n) is 4.16. The quantitative estimate of drug-likeness (QED) is 0.237. The smallest absolute Gasteiger partial charge is 0.271 e. The zero-order chi connectivity index (χ0) is 17.0. The number of hydrogen-bond acceptors (Lipinski definition) is 6. The number of nitrogens with zero attached hydrogens (tertiary/aromatic N) is 4. The first kappa shape index (κ1) is 16.5. The summed E-state index contributed by atoms with van der Waals surface area (Å²) in [6.07, 6.45) is 8.44. The van der Waals surface area contributed by atoms with Crippen molar-refractivity contribution in [2.45, 2.75) is 0 Å². The molecule has 0 fully saturated rings. The third-order valence-electron chi connectivity index (χ3n) is 2.56. The van der Waals surface area contributed by atoms with Gasteiger partial charge in [-0.25, -0.2) is 10.9 Å². The Hall–Kier alpha value is -3.82. The molecular weight excluding hydrogens is 312 g/mol. The van der Waals surface area contributed by atoms with Crippen LogP contribution in [0.3, 0.4) is 0 Å². The highest BCUT2D eigenvalue weighted by Gasteiger charge is 2.02. The average molecular weight is 326 g/mol. The number of pyridine rings is 2. The summed E-state index contributed by atoms with van der Waals surface area (Å²) in [4.78, 5) is 30.8. The highest BCUT2D eigenvalue weighted by Crippen LogP contribution is 1.95.